The second-order valence-corrected chi connectivity index (χ2v) is 7.02. The molecule has 0 aliphatic carbocycles. The number of unbranched alkanes of at least 4 members (excludes halogenated alkanes) is 2. The smallest absolute Gasteiger partial charge is 0.245 e. The highest BCUT2D eigenvalue weighted by Crippen LogP contribution is 2.25. The van der Waals surface area contributed by atoms with Crippen LogP contribution < -0.4 is 5.32 Å². The number of rotatable bonds is 8. The minimum Gasteiger partial charge on any atom is -0.387 e. The first-order valence-electron chi connectivity index (χ1n) is 7.23. The van der Waals surface area contributed by atoms with Crippen molar-refractivity contribution in [2.75, 3.05) is 18.9 Å². The first kappa shape index (κ1) is 17.0. The molecule has 0 saturated heterocycles. The third kappa shape index (κ3) is 3.96. The molecule has 20 heavy (non-hydrogen) atoms. The SMILES string of the molecule is CCCCCN(C(C)C)S(=O)(=O)c1ccccc1NC. The quantitative estimate of drug-likeness (QED) is 0.749. The summed E-state index contributed by atoms with van der Waals surface area (Å²) < 4.78 is 27.3. The van der Waals surface area contributed by atoms with Crippen LogP contribution in [0.4, 0.5) is 5.69 Å². The van der Waals surface area contributed by atoms with Crippen molar-refractivity contribution in [3.63, 3.8) is 0 Å². The fourth-order valence-electron chi connectivity index (χ4n) is 2.20. The molecule has 0 heterocycles. The van der Waals surface area contributed by atoms with Gasteiger partial charge in [0.05, 0.1) is 5.69 Å². The van der Waals surface area contributed by atoms with E-state index in [1.807, 2.05) is 19.9 Å². The molecule has 1 N–H and O–H groups in total. The second-order valence-electron chi connectivity index (χ2n) is 5.16. The summed E-state index contributed by atoms with van der Waals surface area (Å²) in [5.74, 6) is 0. The summed E-state index contributed by atoms with van der Waals surface area (Å²) in [6.07, 6.45) is 3.03. The Kier molecular flexibility index (Phi) is 6.49. The predicted molar refractivity (Wildman–Crippen MR) is 84.5 cm³/mol. The van der Waals surface area contributed by atoms with Crippen molar-refractivity contribution >= 4 is 15.7 Å². The Morgan fingerprint density at radius 2 is 1.85 bits per heavy atom. The lowest BCUT2D eigenvalue weighted by Crippen LogP contribution is -2.38. The third-order valence-corrected chi connectivity index (χ3v) is 5.43. The van der Waals surface area contributed by atoms with Gasteiger partial charge in [0.25, 0.3) is 0 Å². The molecule has 0 radical (unpaired) electrons. The van der Waals surface area contributed by atoms with Gasteiger partial charge in [0, 0.05) is 19.6 Å². The average molecular weight is 298 g/mol. The Balaban J connectivity index is 3.09. The van der Waals surface area contributed by atoms with Gasteiger partial charge < -0.3 is 5.32 Å². The lowest BCUT2D eigenvalue weighted by atomic mass is 10.2. The van der Waals surface area contributed by atoms with Crippen LogP contribution in [0.5, 0.6) is 0 Å². The van der Waals surface area contributed by atoms with Crippen LogP contribution in [-0.2, 0) is 10.0 Å². The summed E-state index contributed by atoms with van der Waals surface area (Å²) in [4.78, 5) is 0.354. The molecule has 0 unspecified atom stereocenters. The van der Waals surface area contributed by atoms with Gasteiger partial charge in [-0.15, -0.1) is 0 Å². The third-order valence-electron chi connectivity index (χ3n) is 3.30. The number of para-hydroxylation sites is 1. The molecule has 5 heteroatoms. The van der Waals surface area contributed by atoms with Gasteiger partial charge in [-0.3, -0.25) is 0 Å². The summed E-state index contributed by atoms with van der Waals surface area (Å²) in [5, 5.41) is 2.96. The van der Waals surface area contributed by atoms with Crippen LogP contribution >= 0.6 is 0 Å². The Labute approximate surface area is 123 Å². The number of nitrogens with zero attached hydrogens (tertiary/aromatic N) is 1. The molecule has 1 aromatic rings. The maximum absolute atomic E-state index is 12.8. The minimum atomic E-state index is -3.45. The molecule has 0 aliphatic rings. The van der Waals surface area contributed by atoms with Crippen molar-refractivity contribution in [2.45, 2.75) is 51.0 Å². The fourth-order valence-corrected chi connectivity index (χ4v) is 4.07. The zero-order valence-electron chi connectivity index (χ0n) is 12.9. The molecule has 0 atom stereocenters. The van der Waals surface area contributed by atoms with E-state index in [2.05, 4.69) is 12.2 Å². The van der Waals surface area contributed by atoms with Gasteiger partial charge in [-0.05, 0) is 32.4 Å². The van der Waals surface area contributed by atoms with E-state index in [9.17, 15) is 8.42 Å². The van der Waals surface area contributed by atoms with E-state index in [4.69, 9.17) is 0 Å². The van der Waals surface area contributed by atoms with Crippen molar-refractivity contribution in [1.29, 1.82) is 0 Å². The van der Waals surface area contributed by atoms with Crippen molar-refractivity contribution in [3.05, 3.63) is 24.3 Å². The zero-order valence-corrected chi connectivity index (χ0v) is 13.7. The van der Waals surface area contributed by atoms with Crippen LogP contribution in [0.1, 0.15) is 40.0 Å². The molecular weight excluding hydrogens is 272 g/mol. The average Bonchev–Trinajstić information content (AvgIpc) is 2.42. The van der Waals surface area contributed by atoms with Gasteiger partial charge >= 0.3 is 0 Å². The first-order valence-corrected chi connectivity index (χ1v) is 8.67. The van der Waals surface area contributed by atoms with E-state index < -0.39 is 10.0 Å². The maximum atomic E-state index is 12.8. The van der Waals surface area contributed by atoms with Crippen molar-refractivity contribution < 1.29 is 8.42 Å². The molecule has 0 amide bonds. The highest BCUT2D eigenvalue weighted by atomic mass is 32.2. The molecule has 1 rings (SSSR count). The molecule has 0 aliphatic heterocycles. The van der Waals surface area contributed by atoms with Gasteiger partial charge in [0.2, 0.25) is 10.0 Å². The van der Waals surface area contributed by atoms with Crippen molar-refractivity contribution in [2.24, 2.45) is 0 Å². The molecule has 114 valence electrons. The number of nitrogens with one attached hydrogen (secondary N) is 1. The van der Waals surface area contributed by atoms with Gasteiger partial charge in [0.15, 0.2) is 0 Å². The summed E-state index contributed by atoms with van der Waals surface area (Å²) in [7, 11) is -1.71. The van der Waals surface area contributed by atoms with Crippen molar-refractivity contribution in [3.8, 4) is 0 Å². The number of hydrogen-bond acceptors (Lipinski definition) is 3. The van der Waals surface area contributed by atoms with E-state index in [0.717, 1.165) is 19.3 Å². The Hall–Kier alpha value is -1.07. The minimum absolute atomic E-state index is 0.0400. The second kappa shape index (κ2) is 7.64. The first-order chi connectivity index (χ1) is 9.45. The largest absolute Gasteiger partial charge is 0.387 e. The van der Waals surface area contributed by atoms with Crippen LogP contribution in [0, 0.1) is 0 Å². The highest BCUT2D eigenvalue weighted by molar-refractivity contribution is 7.89. The van der Waals surface area contributed by atoms with Crippen LogP contribution in [0.2, 0.25) is 0 Å². The van der Waals surface area contributed by atoms with Gasteiger partial charge in [-0.1, -0.05) is 31.9 Å². The van der Waals surface area contributed by atoms with E-state index in [-0.39, 0.29) is 6.04 Å². The van der Waals surface area contributed by atoms with E-state index in [1.165, 1.54) is 0 Å². The monoisotopic (exact) mass is 298 g/mol. The predicted octanol–water partition coefficient (Wildman–Crippen LogP) is 3.32. The Morgan fingerprint density at radius 3 is 2.40 bits per heavy atom. The fraction of sp³-hybridized carbons (Fsp3) is 0.600. The topological polar surface area (TPSA) is 49.4 Å². The lowest BCUT2D eigenvalue weighted by Gasteiger charge is -2.26. The molecule has 0 saturated carbocycles. The molecule has 0 fully saturated rings. The van der Waals surface area contributed by atoms with Crippen LogP contribution in [0.3, 0.4) is 0 Å². The zero-order chi connectivity index (χ0) is 15.2. The summed E-state index contributed by atoms with van der Waals surface area (Å²) in [6, 6.07) is 7.01. The number of anilines is 1. The Bertz CT molecular complexity index is 512. The van der Waals surface area contributed by atoms with E-state index in [1.54, 1.807) is 29.6 Å². The molecule has 0 aromatic heterocycles. The molecule has 0 bridgehead atoms. The van der Waals surface area contributed by atoms with Crippen molar-refractivity contribution in [1.82, 2.24) is 4.31 Å². The van der Waals surface area contributed by atoms with Gasteiger partial charge in [-0.25, -0.2) is 8.42 Å². The number of sulfonamides is 1. The van der Waals surface area contributed by atoms with Crippen LogP contribution in [0.15, 0.2) is 29.2 Å². The maximum Gasteiger partial charge on any atom is 0.245 e. The van der Waals surface area contributed by atoms with Crippen LogP contribution in [0.25, 0.3) is 0 Å². The summed E-state index contributed by atoms with van der Waals surface area (Å²) >= 11 is 0. The number of benzene rings is 1. The molecule has 0 spiro atoms. The van der Waals surface area contributed by atoms with Crippen LogP contribution in [-0.4, -0.2) is 32.4 Å². The standard InChI is InChI=1S/C15H26N2O2S/c1-5-6-9-12-17(13(2)3)20(18,19)15-11-8-7-10-14(15)16-4/h7-8,10-11,13,16H,5-6,9,12H2,1-4H3. The summed E-state index contributed by atoms with van der Waals surface area (Å²) in [6.45, 7) is 6.54. The lowest BCUT2D eigenvalue weighted by molar-refractivity contribution is 0.346. The Morgan fingerprint density at radius 1 is 1.20 bits per heavy atom. The van der Waals surface area contributed by atoms with E-state index in [0.29, 0.717) is 17.1 Å². The molecular formula is C15H26N2O2S. The highest BCUT2D eigenvalue weighted by Gasteiger charge is 2.28. The molecule has 4 nitrogen and oxygen atoms in total. The summed E-state index contributed by atoms with van der Waals surface area (Å²) in [5.41, 5.74) is 0.647. The van der Waals surface area contributed by atoms with Gasteiger partial charge in [-0.2, -0.15) is 4.31 Å². The normalized spacial score (nSPS) is 12.1. The number of hydrogen-bond donors (Lipinski definition) is 1. The molecule has 1 aromatic carbocycles. The van der Waals surface area contributed by atoms with E-state index >= 15 is 0 Å². The van der Waals surface area contributed by atoms with Gasteiger partial charge in [0.1, 0.15) is 4.90 Å².